The van der Waals surface area contributed by atoms with Gasteiger partial charge in [-0.2, -0.15) is 0 Å². The zero-order chi connectivity index (χ0) is 15.5. The smallest absolute Gasteiger partial charge is 0.239 e. The summed E-state index contributed by atoms with van der Waals surface area (Å²) in [7, 11) is 0. The van der Waals surface area contributed by atoms with Gasteiger partial charge in [-0.1, -0.05) is 60.7 Å². The highest BCUT2D eigenvalue weighted by Gasteiger charge is 2.37. The third-order valence-electron chi connectivity index (χ3n) is 4.37. The van der Waals surface area contributed by atoms with Crippen LogP contribution in [0, 0.1) is 0 Å². The molecule has 4 heteroatoms. The zero-order valence-electron chi connectivity index (χ0n) is 12.4. The van der Waals surface area contributed by atoms with Crippen LogP contribution >= 0.6 is 0 Å². The molecule has 4 N–H and O–H groups in total. The number of nitrogens with two attached hydrogens (primary N) is 2. The number of hydrogen-bond acceptors (Lipinski definition) is 3. The number of benzene rings is 2. The first-order valence-electron chi connectivity index (χ1n) is 7.55. The summed E-state index contributed by atoms with van der Waals surface area (Å²) in [6.07, 6.45) is 0. The van der Waals surface area contributed by atoms with Crippen LogP contribution in [-0.2, 0) is 4.79 Å². The maximum Gasteiger partial charge on any atom is 0.239 e. The highest BCUT2D eigenvalue weighted by atomic mass is 16.1. The fraction of sp³-hybridized carbons (Fsp3) is 0.278. The first-order chi connectivity index (χ1) is 10.7. The van der Waals surface area contributed by atoms with E-state index in [1.807, 2.05) is 48.5 Å². The molecular formula is C18H21N3O. The van der Waals surface area contributed by atoms with E-state index in [9.17, 15) is 4.79 Å². The van der Waals surface area contributed by atoms with Gasteiger partial charge in [0, 0.05) is 25.0 Å². The lowest BCUT2D eigenvalue weighted by molar-refractivity contribution is -0.123. The van der Waals surface area contributed by atoms with Crippen molar-refractivity contribution >= 4 is 5.91 Å². The second-order valence-electron chi connectivity index (χ2n) is 5.85. The van der Waals surface area contributed by atoms with Gasteiger partial charge in [0.05, 0.1) is 0 Å². The SMILES string of the molecule is NC(=O)C(c1ccccc1)N1C[C@@H](N)[C@H](c2ccccc2)C1. The van der Waals surface area contributed by atoms with Crippen LogP contribution in [-0.4, -0.2) is 29.9 Å². The second kappa shape index (κ2) is 6.30. The van der Waals surface area contributed by atoms with Crippen molar-refractivity contribution in [3.05, 3.63) is 71.8 Å². The number of carbonyl (C=O) groups is 1. The number of hydrogen-bond donors (Lipinski definition) is 2. The maximum atomic E-state index is 12.0. The molecule has 0 saturated carbocycles. The first kappa shape index (κ1) is 14.8. The first-order valence-corrected chi connectivity index (χ1v) is 7.55. The Morgan fingerprint density at radius 2 is 1.59 bits per heavy atom. The van der Waals surface area contributed by atoms with Crippen molar-refractivity contribution in [3.63, 3.8) is 0 Å². The molecule has 1 unspecified atom stereocenters. The van der Waals surface area contributed by atoms with E-state index in [0.29, 0.717) is 6.54 Å². The summed E-state index contributed by atoms with van der Waals surface area (Å²) in [6.45, 7) is 1.41. The van der Waals surface area contributed by atoms with Gasteiger partial charge in [0.1, 0.15) is 6.04 Å². The van der Waals surface area contributed by atoms with Crippen molar-refractivity contribution in [1.29, 1.82) is 0 Å². The van der Waals surface area contributed by atoms with Crippen molar-refractivity contribution in [2.45, 2.75) is 18.0 Å². The van der Waals surface area contributed by atoms with Crippen LogP contribution in [0.25, 0.3) is 0 Å². The summed E-state index contributed by atoms with van der Waals surface area (Å²) in [6, 6.07) is 19.5. The van der Waals surface area contributed by atoms with Gasteiger partial charge >= 0.3 is 0 Å². The average molecular weight is 295 g/mol. The third-order valence-corrected chi connectivity index (χ3v) is 4.37. The molecule has 0 spiro atoms. The summed E-state index contributed by atoms with van der Waals surface area (Å²) in [4.78, 5) is 14.1. The molecule has 3 atom stereocenters. The predicted octanol–water partition coefficient (Wildman–Crippen LogP) is 1.64. The van der Waals surface area contributed by atoms with Crippen molar-refractivity contribution in [2.24, 2.45) is 11.5 Å². The van der Waals surface area contributed by atoms with Crippen LogP contribution in [0.3, 0.4) is 0 Å². The van der Waals surface area contributed by atoms with Crippen LogP contribution in [0.1, 0.15) is 23.1 Å². The molecule has 1 aliphatic heterocycles. The van der Waals surface area contributed by atoms with Gasteiger partial charge in [-0.05, 0) is 11.1 Å². The molecule has 0 aliphatic carbocycles. The van der Waals surface area contributed by atoms with Gasteiger partial charge in [0.25, 0.3) is 0 Å². The third kappa shape index (κ3) is 2.89. The molecule has 1 heterocycles. The lowest BCUT2D eigenvalue weighted by Crippen LogP contribution is -2.37. The topological polar surface area (TPSA) is 72.4 Å². The predicted molar refractivity (Wildman–Crippen MR) is 87.1 cm³/mol. The van der Waals surface area contributed by atoms with Gasteiger partial charge in [0.15, 0.2) is 0 Å². The molecule has 2 aromatic rings. The molecule has 114 valence electrons. The van der Waals surface area contributed by atoms with Gasteiger partial charge in [-0.15, -0.1) is 0 Å². The average Bonchev–Trinajstić information content (AvgIpc) is 2.90. The molecule has 1 saturated heterocycles. The number of nitrogens with zero attached hydrogens (tertiary/aromatic N) is 1. The Bertz CT molecular complexity index is 629. The molecule has 2 aromatic carbocycles. The van der Waals surface area contributed by atoms with Crippen LogP contribution in [0.15, 0.2) is 60.7 Å². The second-order valence-corrected chi connectivity index (χ2v) is 5.85. The minimum atomic E-state index is -0.416. The van der Waals surface area contributed by atoms with Crippen molar-refractivity contribution in [1.82, 2.24) is 4.90 Å². The number of likely N-dealkylation sites (tertiary alicyclic amines) is 1. The largest absolute Gasteiger partial charge is 0.368 e. The molecule has 0 radical (unpaired) electrons. The minimum Gasteiger partial charge on any atom is -0.368 e. The fourth-order valence-corrected chi connectivity index (χ4v) is 3.31. The van der Waals surface area contributed by atoms with Crippen LogP contribution in [0.2, 0.25) is 0 Å². The molecule has 22 heavy (non-hydrogen) atoms. The summed E-state index contributed by atoms with van der Waals surface area (Å²) in [5.41, 5.74) is 14.1. The molecule has 1 fully saturated rings. The minimum absolute atomic E-state index is 0.00737. The fourth-order valence-electron chi connectivity index (χ4n) is 3.31. The Kier molecular flexibility index (Phi) is 4.22. The van der Waals surface area contributed by atoms with E-state index < -0.39 is 6.04 Å². The van der Waals surface area contributed by atoms with Gasteiger partial charge in [-0.25, -0.2) is 0 Å². The lowest BCUT2D eigenvalue weighted by atomic mass is 9.95. The van der Waals surface area contributed by atoms with Gasteiger partial charge in [0.2, 0.25) is 5.91 Å². The van der Waals surface area contributed by atoms with E-state index in [0.717, 1.165) is 12.1 Å². The van der Waals surface area contributed by atoms with Gasteiger partial charge < -0.3 is 11.5 Å². The van der Waals surface area contributed by atoms with Crippen LogP contribution < -0.4 is 11.5 Å². The highest BCUT2D eigenvalue weighted by Crippen LogP contribution is 2.32. The molecule has 4 nitrogen and oxygen atoms in total. The Labute approximate surface area is 130 Å². The zero-order valence-corrected chi connectivity index (χ0v) is 12.4. The summed E-state index contributed by atoms with van der Waals surface area (Å²) >= 11 is 0. The van der Waals surface area contributed by atoms with E-state index in [-0.39, 0.29) is 17.9 Å². The lowest BCUT2D eigenvalue weighted by Gasteiger charge is -2.25. The number of rotatable bonds is 4. The molecule has 0 bridgehead atoms. The number of amides is 1. The maximum absolute atomic E-state index is 12.0. The van der Waals surface area contributed by atoms with E-state index >= 15 is 0 Å². The Morgan fingerprint density at radius 1 is 1.00 bits per heavy atom. The summed E-state index contributed by atoms with van der Waals surface area (Å²) < 4.78 is 0. The Hall–Kier alpha value is -2.17. The van der Waals surface area contributed by atoms with E-state index in [2.05, 4.69) is 17.0 Å². The van der Waals surface area contributed by atoms with Gasteiger partial charge in [-0.3, -0.25) is 9.69 Å². The molecule has 1 amide bonds. The quantitative estimate of drug-likeness (QED) is 0.900. The summed E-state index contributed by atoms with van der Waals surface area (Å²) in [5.74, 6) is -0.0983. The van der Waals surface area contributed by atoms with E-state index in [4.69, 9.17) is 11.5 Å². The molecule has 0 aromatic heterocycles. The van der Waals surface area contributed by atoms with Crippen LogP contribution in [0.4, 0.5) is 0 Å². The summed E-state index contributed by atoms with van der Waals surface area (Å²) in [5, 5.41) is 0. The molecule has 1 aliphatic rings. The Balaban J connectivity index is 1.84. The van der Waals surface area contributed by atoms with Crippen molar-refractivity contribution < 1.29 is 4.79 Å². The standard InChI is InChI=1S/C18H21N3O/c19-16-12-21(11-15(16)13-7-3-1-4-8-13)17(18(20)22)14-9-5-2-6-10-14/h1-10,15-17H,11-12,19H2,(H2,20,22)/t15-,16+,17?/m0/s1. The number of primary amides is 1. The molecule has 3 rings (SSSR count). The van der Waals surface area contributed by atoms with Crippen molar-refractivity contribution in [2.75, 3.05) is 13.1 Å². The monoisotopic (exact) mass is 295 g/mol. The molecular weight excluding hydrogens is 274 g/mol. The van der Waals surface area contributed by atoms with E-state index in [1.165, 1.54) is 5.56 Å². The highest BCUT2D eigenvalue weighted by molar-refractivity contribution is 5.81. The number of carbonyl (C=O) groups excluding carboxylic acids is 1. The van der Waals surface area contributed by atoms with Crippen LogP contribution in [0.5, 0.6) is 0 Å². The van der Waals surface area contributed by atoms with Crippen molar-refractivity contribution in [3.8, 4) is 0 Å². The van der Waals surface area contributed by atoms with E-state index in [1.54, 1.807) is 0 Å². The normalized spacial score (nSPS) is 23.3. The Morgan fingerprint density at radius 3 is 2.18 bits per heavy atom.